The zero-order valence-electron chi connectivity index (χ0n) is 72.5. The minimum absolute atomic E-state index is 0.0200. The Labute approximate surface area is 745 Å². The lowest BCUT2D eigenvalue weighted by Crippen LogP contribution is -2.61. The zero-order chi connectivity index (χ0) is 93.3. The first kappa shape index (κ1) is 99.6. The minimum Gasteiger partial charge on any atom is -0.508 e. The first-order chi connectivity index (χ1) is 61.1. The van der Waals surface area contributed by atoms with E-state index >= 15 is 33.6 Å². The smallest absolute Gasteiger partial charge is 0.245 e. The van der Waals surface area contributed by atoms with Crippen LogP contribution in [0.2, 0.25) is 0 Å². The molecule has 5 aromatic carbocycles. The number of amides is 16. The molecule has 2 aromatic heterocycles. The number of hydrogen-bond donors (Lipinski definition) is 16. The standard InChI is InChI=1S/C90H115N19O18S/c1-8-9-26-72-89(126)107(5)50-77(115)98-68(46-74(92)112)85(122)105-79(53(2)3)90(127)109(7)73(44-55-21-14-11-15-22-55)86(123)103-69(42-57-29-33-61(111)34-30-57)87(124)106(4)49-76(114)97-67(45-59-47-95-63-24-17-16-23-62(59)63)84(121)101-66(41-56-27-31-60(110)32-28-56)83(120)100-64(25-18-37-91)81(118)104-71(80(117)96-48-75(93)113)51-128-52-78(116)99-65(40-54-19-12-10-13-20-54)82(119)102-70(88(125)108(72)6)43-58-35-38-94-39-36-58/h10-17,19-24,27-36,38-39,47,53,64-73,79,95,110-111H,8-9,18,25-26,37,40-46,48-52,91H2,1-7H3,(H2,92,112)(H2,93,113)(H,96,117)(H,97,114)(H,98,115)(H,99,116)(H,100,120)(H,101,121)(H,102,119)(H,103,123)(H,104,118)(H,105,122)/t64-,65-,66-,67-,68-,69-,70?,71-,72-,73-,79-/m0/s1. The number of hydrogen-bond acceptors (Lipinski definition) is 21. The molecule has 37 nitrogen and oxygen atoms in total. The van der Waals surface area contributed by atoms with Gasteiger partial charge in [0.25, 0.3) is 0 Å². The van der Waals surface area contributed by atoms with Gasteiger partial charge in [0, 0.05) is 102 Å². The highest BCUT2D eigenvalue weighted by Gasteiger charge is 2.41. The van der Waals surface area contributed by atoms with Gasteiger partial charge in [-0.25, -0.2) is 0 Å². The number of aromatic amines is 1. The van der Waals surface area contributed by atoms with Crippen LogP contribution in [0.15, 0.2) is 164 Å². The van der Waals surface area contributed by atoms with E-state index in [0.29, 0.717) is 57.1 Å². The maximum atomic E-state index is 15.4. The largest absolute Gasteiger partial charge is 0.508 e. The van der Waals surface area contributed by atoms with E-state index in [0.717, 1.165) is 31.4 Å². The normalized spacial score (nSPS) is 21.9. The van der Waals surface area contributed by atoms with Gasteiger partial charge in [-0.1, -0.05) is 137 Å². The van der Waals surface area contributed by atoms with Gasteiger partial charge in [-0.3, -0.25) is 81.7 Å². The van der Waals surface area contributed by atoms with Crippen LogP contribution < -0.4 is 70.4 Å². The van der Waals surface area contributed by atoms with Crippen LogP contribution in [0.3, 0.4) is 0 Å². The maximum Gasteiger partial charge on any atom is 0.245 e. The molecule has 0 saturated carbocycles. The second kappa shape index (κ2) is 49.2. The number of para-hydroxylation sites is 1. The molecule has 0 radical (unpaired) electrons. The summed E-state index contributed by atoms with van der Waals surface area (Å²) >= 11 is 0.804. The van der Waals surface area contributed by atoms with Gasteiger partial charge in [-0.05, 0) is 108 Å². The molecule has 1 fully saturated rings. The average Bonchev–Trinajstić information content (AvgIpc) is 1.59. The highest BCUT2D eigenvalue weighted by Crippen LogP contribution is 2.24. The molecule has 8 rings (SSSR count). The summed E-state index contributed by atoms with van der Waals surface area (Å²) in [4.78, 5) is 245. The number of primary amides is 2. The summed E-state index contributed by atoms with van der Waals surface area (Å²) in [5.74, 6) is -16.7. The number of nitrogens with one attached hydrogen (secondary N) is 11. The number of thioether (sulfide) groups is 1. The average molecular weight is 1780 g/mol. The lowest BCUT2D eigenvalue weighted by Gasteiger charge is -2.34. The Balaban J connectivity index is 1.20. The van der Waals surface area contributed by atoms with Crippen molar-refractivity contribution in [2.75, 3.05) is 65.9 Å². The number of aromatic nitrogens is 2. The number of rotatable bonds is 24. The molecule has 7 aromatic rings. The van der Waals surface area contributed by atoms with Gasteiger partial charge >= 0.3 is 0 Å². The fourth-order valence-corrected chi connectivity index (χ4v) is 15.3. The lowest BCUT2D eigenvalue weighted by atomic mass is 9.98. The summed E-state index contributed by atoms with van der Waals surface area (Å²) in [7, 11) is 5.16. The third-order valence-corrected chi connectivity index (χ3v) is 22.6. The number of phenolic OH excluding ortho intramolecular Hbond substituents is 2. The second-order valence-electron chi connectivity index (χ2n) is 31.9. The van der Waals surface area contributed by atoms with Crippen LogP contribution in [-0.4, -0.2) is 267 Å². The summed E-state index contributed by atoms with van der Waals surface area (Å²) in [6.45, 7) is 2.70. The number of fused-ring (bicyclic) bond motifs is 1. The van der Waals surface area contributed by atoms with E-state index in [4.69, 9.17) is 17.2 Å². The predicted octanol–water partition coefficient (Wildman–Crippen LogP) is -0.527. The van der Waals surface area contributed by atoms with Crippen LogP contribution in [0, 0.1) is 5.92 Å². The Hall–Kier alpha value is -13.8. The van der Waals surface area contributed by atoms with Crippen molar-refractivity contribution in [3.05, 3.63) is 198 Å². The van der Waals surface area contributed by atoms with Crippen molar-refractivity contribution in [1.82, 2.24) is 82.7 Å². The number of pyridine rings is 1. The summed E-state index contributed by atoms with van der Waals surface area (Å²) < 4.78 is 0. The van der Waals surface area contributed by atoms with Gasteiger partial charge < -0.3 is 105 Å². The van der Waals surface area contributed by atoms with Crippen LogP contribution in [0.5, 0.6) is 11.5 Å². The van der Waals surface area contributed by atoms with E-state index < -0.39 is 204 Å². The van der Waals surface area contributed by atoms with Crippen LogP contribution in [-0.2, 0) is 115 Å². The number of phenols is 2. The molecule has 0 aliphatic carbocycles. The van der Waals surface area contributed by atoms with E-state index in [2.05, 4.69) is 63.1 Å². The molecule has 19 N–H and O–H groups in total. The number of likely N-dealkylation sites (N-methyl/N-ethyl adjacent to an activating group) is 4. The lowest BCUT2D eigenvalue weighted by molar-refractivity contribution is -0.147. The topological polar surface area (TPSA) is 554 Å². The second-order valence-corrected chi connectivity index (χ2v) is 32.9. The fourth-order valence-electron chi connectivity index (χ4n) is 14.5. The number of H-pyrrole nitrogens is 1. The van der Waals surface area contributed by atoms with Crippen LogP contribution in [0.1, 0.15) is 92.7 Å². The van der Waals surface area contributed by atoms with E-state index in [1.165, 1.54) is 89.1 Å². The van der Waals surface area contributed by atoms with Crippen molar-refractivity contribution in [3.63, 3.8) is 0 Å². The van der Waals surface area contributed by atoms with Crippen LogP contribution in [0.25, 0.3) is 10.9 Å². The molecule has 128 heavy (non-hydrogen) atoms. The van der Waals surface area contributed by atoms with Crippen molar-refractivity contribution >= 4 is 117 Å². The number of carbonyl (C=O) groups excluding carboxylic acids is 16. The number of nitrogens with zero attached hydrogens (tertiary/aromatic N) is 5. The van der Waals surface area contributed by atoms with Gasteiger partial charge in [0.2, 0.25) is 94.5 Å². The van der Waals surface area contributed by atoms with E-state index in [9.17, 15) is 53.4 Å². The van der Waals surface area contributed by atoms with E-state index in [1.807, 2.05) is 6.92 Å². The first-order valence-corrected chi connectivity index (χ1v) is 43.2. The molecule has 1 aliphatic rings. The predicted molar refractivity (Wildman–Crippen MR) is 476 cm³/mol. The van der Waals surface area contributed by atoms with Crippen molar-refractivity contribution in [2.45, 2.75) is 164 Å². The summed E-state index contributed by atoms with van der Waals surface area (Å²) in [6, 6.07) is 21.6. The van der Waals surface area contributed by atoms with Crippen LogP contribution >= 0.6 is 11.8 Å². The van der Waals surface area contributed by atoms with Crippen molar-refractivity contribution in [3.8, 4) is 11.5 Å². The van der Waals surface area contributed by atoms with Crippen molar-refractivity contribution in [1.29, 1.82) is 0 Å². The van der Waals surface area contributed by atoms with Crippen molar-refractivity contribution in [2.24, 2.45) is 23.1 Å². The molecule has 11 atom stereocenters. The highest BCUT2D eigenvalue weighted by atomic mass is 32.2. The van der Waals surface area contributed by atoms with Gasteiger partial charge in [-0.2, -0.15) is 0 Å². The number of unbranched alkanes of at least 4 members (excludes halogenated alkanes) is 1. The molecular formula is C90H115N19O18S. The Bertz CT molecular complexity index is 5010. The van der Waals surface area contributed by atoms with Crippen molar-refractivity contribution < 1.29 is 86.9 Å². The molecule has 3 heterocycles. The molecule has 0 bridgehead atoms. The molecule has 1 saturated heterocycles. The van der Waals surface area contributed by atoms with E-state index in [1.54, 1.807) is 117 Å². The maximum absolute atomic E-state index is 15.4. The van der Waals surface area contributed by atoms with Gasteiger partial charge in [-0.15, -0.1) is 11.8 Å². The number of benzene rings is 5. The van der Waals surface area contributed by atoms with Gasteiger partial charge in [0.1, 0.15) is 78.0 Å². The number of nitrogens with two attached hydrogens (primary N) is 3. The Morgan fingerprint density at radius 3 is 1.49 bits per heavy atom. The van der Waals surface area contributed by atoms with Gasteiger partial charge in [0.15, 0.2) is 0 Å². The van der Waals surface area contributed by atoms with Crippen LogP contribution in [0.4, 0.5) is 0 Å². The summed E-state index contributed by atoms with van der Waals surface area (Å²) in [6.07, 6.45) is 3.14. The molecule has 16 amide bonds. The monoisotopic (exact) mass is 1780 g/mol. The number of carbonyl (C=O) groups is 16. The number of aromatic hydroxyl groups is 2. The molecule has 1 unspecified atom stereocenters. The Morgan fingerprint density at radius 2 is 0.930 bits per heavy atom. The molecule has 684 valence electrons. The zero-order valence-corrected chi connectivity index (χ0v) is 73.4. The Morgan fingerprint density at radius 1 is 0.469 bits per heavy atom. The summed E-state index contributed by atoms with van der Waals surface area (Å²) in [5, 5.41) is 48.0. The SMILES string of the molecule is CCCC[C@H]1C(=O)N(C)CC(=O)N[C@@H](CC(N)=O)C(=O)N[C@@H](C(C)C)C(=O)N(C)[C@@H](Cc2ccccc2)C(=O)N[C@@H](Cc2ccc(O)cc2)C(=O)N(C)CC(=O)N[C@@H](Cc2c[nH]c3ccccc23)C(=O)N[C@@H](Cc2ccc(O)cc2)C(=O)N[C@@H](CCCN)C(=O)N[C@H](C(=O)NCC(N)=O)CSCC(=O)N[C@@H](Cc2ccccc2)C(=O)NC(Cc2ccncc2)C(=O)N1C. The quantitative estimate of drug-likeness (QED) is 0.0362. The molecular weight excluding hydrogens is 1670 g/mol. The first-order valence-electron chi connectivity index (χ1n) is 42.0. The summed E-state index contributed by atoms with van der Waals surface area (Å²) in [5.41, 5.74) is 20.7. The molecule has 38 heteroatoms. The highest BCUT2D eigenvalue weighted by molar-refractivity contribution is 8.00. The molecule has 0 spiro atoms. The minimum atomic E-state index is -1.79. The van der Waals surface area contributed by atoms with Gasteiger partial charge in [0.05, 0.1) is 31.8 Å². The molecule has 1 aliphatic heterocycles. The van der Waals surface area contributed by atoms with E-state index in [-0.39, 0.29) is 75.8 Å². The third kappa shape index (κ3) is 30.5. The Kier molecular flexibility index (Phi) is 38.3. The third-order valence-electron chi connectivity index (χ3n) is 21.5. The fraction of sp³-hybridized carbons (Fsp3) is 0.411.